The summed E-state index contributed by atoms with van der Waals surface area (Å²) in [4.78, 5) is 0. The summed E-state index contributed by atoms with van der Waals surface area (Å²) >= 11 is 0. The molecule has 0 aliphatic heterocycles. The van der Waals surface area contributed by atoms with Crippen LogP contribution in [0.2, 0.25) is 0 Å². The average molecular weight is 783 g/mol. The van der Waals surface area contributed by atoms with E-state index < -0.39 is 5.75 Å². The monoisotopic (exact) mass is 783 g/mol. The smallest absolute Gasteiger partial charge is 0.207 e. The predicted molar refractivity (Wildman–Crippen MR) is 250 cm³/mol. The molecule has 57 heavy (non-hydrogen) atoms. The van der Waals surface area contributed by atoms with Crippen LogP contribution in [0.5, 0.6) is 23.0 Å². The number of methoxy groups -OCH3 is 1. The molecule has 0 saturated carbocycles. The van der Waals surface area contributed by atoms with Gasteiger partial charge in [0.2, 0.25) is 11.5 Å². The van der Waals surface area contributed by atoms with Crippen LogP contribution in [-0.2, 0) is 6.42 Å². The van der Waals surface area contributed by atoms with Crippen molar-refractivity contribution in [3.63, 3.8) is 0 Å². The minimum atomic E-state index is -0.426. The summed E-state index contributed by atoms with van der Waals surface area (Å²) in [5.41, 5.74) is 14.1. The lowest BCUT2D eigenvalue weighted by molar-refractivity contribution is 0.326. The summed E-state index contributed by atoms with van der Waals surface area (Å²) in [6.45, 7) is 24.0. The quantitative estimate of drug-likeness (QED) is 0.0472. The molecule has 0 unspecified atom stereocenters. The zero-order valence-electron chi connectivity index (χ0n) is 38.5. The summed E-state index contributed by atoms with van der Waals surface area (Å²) in [6.07, 6.45) is 39.6. The van der Waals surface area contributed by atoms with Crippen LogP contribution in [0.1, 0.15) is 183 Å². The van der Waals surface area contributed by atoms with E-state index in [1.807, 2.05) is 0 Å². The van der Waals surface area contributed by atoms with Crippen LogP contribution in [0, 0.1) is 6.92 Å². The third-order valence-electron chi connectivity index (χ3n) is 10.9. The minimum Gasteiger partial charge on any atom is -0.504 e. The van der Waals surface area contributed by atoms with Crippen molar-refractivity contribution in [1.82, 2.24) is 0 Å². The number of hydrogen-bond acceptors (Lipinski definition) is 4. The van der Waals surface area contributed by atoms with Crippen LogP contribution in [-0.4, -0.2) is 22.4 Å². The Labute approximate surface area is 350 Å². The second-order valence-corrected chi connectivity index (χ2v) is 16.9. The first-order valence-electron chi connectivity index (χ1n) is 21.7. The summed E-state index contributed by atoms with van der Waals surface area (Å²) in [5.74, 6) is -0.889. The molecule has 1 aromatic rings. The Balaban J connectivity index is 2.32. The van der Waals surface area contributed by atoms with E-state index in [1.165, 1.54) is 70.1 Å². The van der Waals surface area contributed by atoms with Gasteiger partial charge < -0.3 is 20.1 Å². The molecule has 4 heteroatoms. The zero-order chi connectivity index (χ0) is 42.8. The van der Waals surface area contributed by atoms with Crippen molar-refractivity contribution < 1.29 is 20.1 Å². The summed E-state index contributed by atoms with van der Waals surface area (Å²) in [7, 11) is 1.36. The van der Waals surface area contributed by atoms with Crippen molar-refractivity contribution in [1.29, 1.82) is 0 Å². The summed E-state index contributed by atoms with van der Waals surface area (Å²) < 4.78 is 5.08. The topological polar surface area (TPSA) is 69.9 Å². The van der Waals surface area contributed by atoms with E-state index in [0.717, 1.165) is 89.9 Å². The highest BCUT2D eigenvalue weighted by Gasteiger charge is 2.21. The fourth-order valence-corrected chi connectivity index (χ4v) is 6.80. The lowest BCUT2D eigenvalue weighted by atomic mass is 9.99. The lowest BCUT2D eigenvalue weighted by Gasteiger charge is -2.15. The Hall–Kier alpha value is -3.92. The third-order valence-corrected chi connectivity index (χ3v) is 10.9. The van der Waals surface area contributed by atoms with Crippen LogP contribution in [0.4, 0.5) is 0 Å². The number of allylic oxidation sites excluding steroid dienone is 18. The van der Waals surface area contributed by atoms with Crippen molar-refractivity contribution >= 4 is 0 Å². The van der Waals surface area contributed by atoms with Crippen molar-refractivity contribution in [2.75, 3.05) is 7.11 Å². The van der Waals surface area contributed by atoms with Crippen molar-refractivity contribution in [3.8, 4) is 23.0 Å². The van der Waals surface area contributed by atoms with Crippen LogP contribution >= 0.6 is 0 Å². The van der Waals surface area contributed by atoms with Crippen molar-refractivity contribution in [2.24, 2.45) is 0 Å². The molecular formula is C53H82O4. The predicted octanol–water partition coefficient (Wildman–Crippen LogP) is 16.4. The highest BCUT2D eigenvalue weighted by molar-refractivity contribution is 5.65. The lowest BCUT2D eigenvalue weighted by Crippen LogP contribution is -1.95. The Morgan fingerprint density at radius 1 is 0.386 bits per heavy atom. The molecule has 1 rings (SSSR count). The number of ether oxygens (including phenoxy) is 1. The maximum absolute atomic E-state index is 10.5. The van der Waals surface area contributed by atoms with Crippen LogP contribution in [0.3, 0.4) is 0 Å². The number of aromatic hydroxyl groups is 3. The van der Waals surface area contributed by atoms with Gasteiger partial charge in [0.15, 0.2) is 11.5 Å². The molecule has 4 nitrogen and oxygen atoms in total. The fraction of sp³-hybridized carbons (Fsp3) is 0.547. The van der Waals surface area contributed by atoms with Gasteiger partial charge in [-0.3, -0.25) is 0 Å². The molecule has 0 heterocycles. The van der Waals surface area contributed by atoms with Crippen LogP contribution in [0.25, 0.3) is 0 Å². The number of phenols is 3. The summed E-state index contributed by atoms with van der Waals surface area (Å²) in [6, 6.07) is 0. The van der Waals surface area contributed by atoms with E-state index in [4.69, 9.17) is 4.74 Å². The third kappa shape index (κ3) is 23.2. The Morgan fingerprint density at radius 3 is 0.912 bits per heavy atom. The second kappa shape index (κ2) is 29.3. The minimum absolute atomic E-state index is 0.0899. The Morgan fingerprint density at radius 2 is 0.649 bits per heavy atom. The first-order chi connectivity index (χ1) is 27.0. The molecule has 0 aliphatic carbocycles. The van der Waals surface area contributed by atoms with E-state index in [1.54, 1.807) is 6.92 Å². The average Bonchev–Trinajstić information content (AvgIpc) is 3.14. The van der Waals surface area contributed by atoms with Gasteiger partial charge in [-0.05, 0) is 185 Å². The standard InChI is InChI=1S/C53H82O4/c1-39(2)21-13-22-40(3)23-14-24-41(4)25-15-26-42(5)27-16-28-43(6)29-17-30-44(7)31-18-32-45(8)33-19-34-46(9)35-20-36-47(10)37-38-49-48(11)50(54)52(56)53(57-12)51(49)55/h21,23,25,27,29,31,33,35,37,54-56H,13-20,22,24,26,28,30,32,34,36,38H2,1-12H3/b40-23+,41-25+,42-27+,43-29+,44-31+,45-33+,46-35+,47-37+. The number of phenolic OH excluding ortho intramolecular Hbond substituents is 3. The molecule has 1 aromatic carbocycles. The largest absolute Gasteiger partial charge is 0.504 e. The second-order valence-electron chi connectivity index (χ2n) is 16.9. The SMILES string of the molecule is COc1c(O)c(O)c(C)c(C/C=C(\C)CC/C=C(\C)CC/C=C(\C)CC/C=C(\C)CC/C=C(\C)CC/C=C(\C)CC/C=C(\C)CC/C=C(\C)CCC=C(C)C)c1O. The van der Waals surface area contributed by atoms with Crippen LogP contribution < -0.4 is 4.74 Å². The van der Waals surface area contributed by atoms with E-state index in [9.17, 15) is 15.3 Å². The van der Waals surface area contributed by atoms with E-state index in [-0.39, 0.29) is 17.2 Å². The first-order valence-corrected chi connectivity index (χ1v) is 21.7. The molecule has 0 aromatic heterocycles. The van der Waals surface area contributed by atoms with Crippen LogP contribution in [0.15, 0.2) is 105 Å². The van der Waals surface area contributed by atoms with Gasteiger partial charge in [0, 0.05) is 11.1 Å². The molecule has 3 N–H and O–H groups in total. The number of benzene rings is 1. The highest BCUT2D eigenvalue weighted by Crippen LogP contribution is 2.47. The molecular weight excluding hydrogens is 701 g/mol. The Bertz CT molecular complexity index is 1660. The first kappa shape index (κ1) is 51.1. The molecule has 0 saturated heterocycles. The van der Waals surface area contributed by atoms with Gasteiger partial charge in [0.1, 0.15) is 0 Å². The molecule has 0 bridgehead atoms. The van der Waals surface area contributed by atoms with E-state index in [2.05, 4.69) is 124 Å². The Kier molecular flexibility index (Phi) is 26.3. The maximum atomic E-state index is 10.5. The van der Waals surface area contributed by atoms with Gasteiger partial charge in [0.05, 0.1) is 7.11 Å². The van der Waals surface area contributed by atoms with Crippen molar-refractivity contribution in [2.45, 2.75) is 185 Å². The molecule has 0 amide bonds. The van der Waals surface area contributed by atoms with Gasteiger partial charge >= 0.3 is 0 Å². The molecule has 0 atom stereocenters. The molecule has 0 aliphatic rings. The van der Waals surface area contributed by atoms with Gasteiger partial charge in [-0.2, -0.15) is 0 Å². The molecule has 0 spiro atoms. The molecule has 0 radical (unpaired) electrons. The fourth-order valence-electron chi connectivity index (χ4n) is 6.80. The van der Waals surface area contributed by atoms with Crippen molar-refractivity contribution in [3.05, 3.63) is 116 Å². The van der Waals surface area contributed by atoms with E-state index >= 15 is 0 Å². The number of rotatable bonds is 27. The van der Waals surface area contributed by atoms with E-state index in [0.29, 0.717) is 17.5 Å². The van der Waals surface area contributed by atoms with Gasteiger partial charge in [-0.1, -0.05) is 105 Å². The summed E-state index contributed by atoms with van der Waals surface area (Å²) in [5, 5.41) is 30.8. The highest BCUT2D eigenvalue weighted by atomic mass is 16.5. The normalized spacial score (nSPS) is 14.1. The van der Waals surface area contributed by atoms with Gasteiger partial charge in [0.25, 0.3) is 0 Å². The van der Waals surface area contributed by atoms with Gasteiger partial charge in [-0.15, -0.1) is 0 Å². The number of hydrogen-bond donors (Lipinski definition) is 3. The van der Waals surface area contributed by atoms with Gasteiger partial charge in [-0.25, -0.2) is 0 Å². The maximum Gasteiger partial charge on any atom is 0.207 e. The molecule has 318 valence electrons. The molecule has 0 fully saturated rings. The zero-order valence-corrected chi connectivity index (χ0v) is 38.5.